The standard InChI is InChI=1S/C15H12BrClN2O2S/c1-21-13-7-6-9(8-10(13)16)14(20)19-15(22)18-12-5-3-2-4-11(12)17/h2-8H,1H3,(H2,18,19,20,22). The Morgan fingerprint density at radius 2 is 2.00 bits per heavy atom. The molecule has 2 N–H and O–H groups in total. The van der Waals surface area contributed by atoms with Crippen LogP contribution in [0.25, 0.3) is 0 Å². The number of ether oxygens (including phenoxy) is 1. The van der Waals surface area contributed by atoms with Crippen LogP contribution in [0, 0.1) is 0 Å². The van der Waals surface area contributed by atoms with Gasteiger partial charge in [0.05, 0.1) is 22.3 Å². The molecule has 0 aromatic heterocycles. The third-order valence-corrected chi connectivity index (χ3v) is 3.92. The van der Waals surface area contributed by atoms with Crippen LogP contribution in [0.15, 0.2) is 46.9 Å². The largest absolute Gasteiger partial charge is 0.496 e. The minimum absolute atomic E-state index is 0.171. The molecule has 0 fully saturated rings. The van der Waals surface area contributed by atoms with Crippen LogP contribution in [0.3, 0.4) is 0 Å². The lowest BCUT2D eigenvalue weighted by Gasteiger charge is -2.11. The molecule has 2 aromatic carbocycles. The SMILES string of the molecule is COc1ccc(C(=O)NC(=S)Nc2ccccc2Cl)cc1Br. The number of anilines is 1. The lowest BCUT2D eigenvalue weighted by molar-refractivity contribution is 0.0977. The Kier molecular flexibility index (Phi) is 5.76. The smallest absolute Gasteiger partial charge is 0.257 e. The Balaban J connectivity index is 2.04. The predicted octanol–water partition coefficient (Wildman–Crippen LogP) is 4.24. The first-order valence-corrected chi connectivity index (χ1v) is 7.79. The van der Waals surface area contributed by atoms with Crippen molar-refractivity contribution in [1.82, 2.24) is 5.32 Å². The van der Waals surface area contributed by atoms with Crippen LogP contribution in [0.2, 0.25) is 5.02 Å². The van der Waals surface area contributed by atoms with Crippen LogP contribution in [0.4, 0.5) is 5.69 Å². The van der Waals surface area contributed by atoms with E-state index in [4.69, 9.17) is 28.6 Å². The Morgan fingerprint density at radius 3 is 2.64 bits per heavy atom. The molecular formula is C15H12BrClN2O2S. The Hall–Kier alpha value is -1.63. The second-order valence-electron chi connectivity index (χ2n) is 4.24. The van der Waals surface area contributed by atoms with E-state index in [1.54, 1.807) is 37.4 Å². The second-order valence-corrected chi connectivity index (χ2v) is 5.91. The summed E-state index contributed by atoms with van der Waals surface area (Å²) in [4.78, 5) is 12.1. The average Bonchev–Trinajstić information content (AvgIpc) is 2.49. The number of halogens is 2. The molecule has 114 valence electrons. The quantitative estimate of drug-likeness (QED) is 0.758. The lowest BCUT2D eigenvalue weighted by atomic mass is 10.2. The number of carbonyl (C=O) groups is 1. The third kappa shape index (κ3) is 4.19. The summed E-state index contributed by atoms with van der Waals surface area (Å²) < 4.78 is 5.81. The molecule has 0 aliphatic rings. The molecule has 2 aromatic rings. The number of para-hydroxylation sites is 1. The van der Waals surface area contributed by atoms with Gasteiger partial charge in [-0.1, -0.05) is 23.7 Å². The summed E-state index contributed by atoms with van der Waals surface area (Å²) in [5.41, 5.74) is 1.08. The minimum atomic E-state index is -0.326. The first-order valence-electron chi connectivity index (χ1n) is 6.21. The molecule has 1 amide bonds. The zero-order chi connectivity index (χ0) is 16.1. The average molecular weight is 400 g/mol. The number of amides is 1. The monoisotopic (exact) mass is 398 g/mol. The Morgan fingerprint density at radius 1 is 1.27 bits per heavy atom. The van der Waals surface area contributed by atoms with Gasteiger partial charge in [-0.2, -0.15) is 0 Å². The molecule has 0 bridgehead atoms. The van der Waals surface area contributed by atoms with E-state index in [0.717, 1.165) is 0 Å². The fourth-order valence-corrected chi connectivity index (χ4v) is 2.63. The number of hydrogen-bond donors (Lipinski definition) is 2. The van der Waals surface area contributed by atoms with Gasteiger partial charge in [0.25, 0.3) is 5.91 Å². The van der Waals surface area contributed by atoms with E-state index in [1.807, 2.05) is 12.1 Å². The Bertz CT molecular complexity index is 724. The molecule has 0 aliphatic heterocycles. The van der Waals surface area contributed by atoms with Crippen molar-refractivity contribution in [3.05, 3.63) is 57.5 Å². The molecule has 0 atom stereocenters. The number of nitrogens with one attached hydrogen (secondary N) is 2. The molecule has 2 rings (SSSR count). The van der Waals surface area contributed by atoms with E-state index < -0.39 is 0 Å². The highest BCUT2D eigenvalue weighted by atomic mass is 79.9. The summed E-state index contributed by atoms with van der Waals surface area (Å²) >= 11 is 14.5. The predicted molar refractivity (Wildman–Crippen MR) is 95.8 cm³/mol. The molecule has 0 saturated carbocycles. The van der Waals surface area contributed by atoms with Crippen molar-refractivity contribution in [2.75, 3.05) is 12.4 Å². The van der Waals surface area contributed by atoms with Gasteiger partial charge in [0.1, 0.15) is 5.75 Å². The molecule has 7 heteroatoms. The molecule has 0 spiro atoms. The lowest BCUT2D eigenvalue weighted by Crippen LogP contribution is -2.34. The van der Waals surface area contributed by atoms with Crippen LogP contribution in [0.5, 0.6) is 5.75 Å². The van der Waals surface area contributed by atoms with Crippen LogP contribution >= 0.6 is 39.7 Å². The summed E-state index contributed by atoms with van der Waals surface area (Å²) in [6.45, 7) is 0. The highest BCUT2D eigenvalue weighted by Crippen LogP contribution is 2.25. The van der Waals surface area contributed by atoms with Gasteiger partial charge >= 0.3 is 0 Å². The van der Waals surface area contributed by atoms with Gasteiger partial charge in [0.15, 0.2) is 5.11 Å². The van der Waals surface area contributed by atoms with Crippen molar-refractivity contribution < 1.29 is 9.53 Å². The van der Waals surface area contributed by atoms with E-state index in [2.05, 4.69) is 26.6 Å². The summed E-state index contributed by atoms with van der Waals surface area (Å²) in [5.74, 6) is 0.321. The zero-order valence-electron chi connectivity index (χ0n) is 11.5. The van der Waals surface area contributed by atoms with E-state index in [1.165, 1.54) is 0 Å². The zero-order valence-corrected chi connectivity index (χ0v) is 14.7. The van der Waals surface area contributed by atoms with Gasteiger partial charge in [-0.3, -0.25) is 10.1 Å². The molecule has 0 radical (unpaired) electrons. The van der Waals surface area contributed by atoms with Crippen molar-refractivity contribution in [2.24, 2.45) is 0 Å². The van der Waals surface area contributed by atoms with Gasteiger partial charge in [-0.25, -0.2) is 0 Å². The number of carbonyl (C=O) groups excluding carboxylic acids is 1. The van der Waals surface area contributed by atoms with Gasteiger partial charge in [-0.15, -0.1) is 0 Å². The molecule has 0 unspecified atom stereocenters. The number of methoxy groups -OCH3 is 1. The van der Waals surface area contributed by atoms with Crippen LogP contribution in [-0.4, -0.2) is 18.1 Å². The normalized spacial score (nSPS) is 9.95. The maximum Gasteiger partial charge on any atom is 0.257 e. The minimum Gasteiger partial charge on any atom is -0.496 e. The van der Waals surface area contributed by atoms with Gasteiger partial charge in [0, 0.05) is 5.56 Å². The third-order valence-electron chi connectivity index (χ3n) is 2.76. The molecule has 0 saturated heterocycles. The number of benzene rings is 2. The highest BCUT2D eigenvalue weighted by molar-refractivity contribution is 9.10. The van der Waals surface area contributed by atoms with E-state index in [-0.39, 0.29) is 11.0 Å². The van der Waals surface area contributed by atoms with E-state index in [0.29, 0.717) is 26.5 Å². The Labute approximate surface area is 146 Å². The van der Waals surface area contributed by atoms with Gasteiger partial charge in [-0.05, 0) is 58.5 Å². The molecular weight excluding hydrogens is 388 g/mol. The summed E-state index contributed by atoms with van der Waals surface area (Å²) in [5, 5.41) is 6.17. The van der Waals surface area contributed by atoms with Crippen molar-refractivity contribution in [2.45, 2.75) is 0 Å². The second kappa shape index (κ2) is 7.58. The van der Waals surface area contributed by atoms with Gasteiger partial charge < -0.3 is 10.1 Å². The first-order chi connectivity index (χ1) is 10.5. The summed E-state index contributed by atoms with van der Waals surface area (Å²) in [6.07, 6.45) is 0. The highest BCUT2D eigenvalue weighted by Gasteiger charge is 2.11. The van der Waals surface area contributed by atoms with Crippen molar-refractivity contribution in [1.29, 1.82) is 0 Å². The van der Waals surface area contributed by atoms with E-state index in [9.17, 15) is 4.79 Å². The maximum absolute atomic E-state index is 12.1. The molecule has 0 heterocycles. The molecule has 22 heavy (non-hydrogen) atoms. The van der Waals surface area contributed by atoms with Crippen molar-refractivity contribution in [3.8, 4) is 5.75 Å². The topological polar surface area (TPSA) is 50.4 Å². The van der Waals surface area contributed by atoms with Gasteiger partial charge in [0.2, 0.25) is 0 Å². The number of rotatable bonds is 3. The number of hydrogen-bond acceptors (Lipinski definition) is 3. The summed E-state index contributed by atoms with van der Waals surface area (Å²) in [7, 11) is 1.56. The van der Waals surface area contributed by atoms with Crippen molar-refractivity contribution in [3.63, 3.8) is 0 Å². The van der Waals surface area contributed by atoms with E-state index >= 15 is 0 Å². The molecule has 0 aliphatic carbocycles. The molecule has 4 nitrogen and oxygen atoms in total. The first kappa shape index (κ1) is 16.7. The summed E-state index contributed by atoms with van der Waals surface area (Å²) in [6, 6.07) is 12.1. The van der Waals surface area contributed by atoms with Crippen molar-refractivity contribution >= 4 is 56.5 Å². The fraction of sp³-hybridized carbons (Fsp3) is 0.0667. The van der Waals surface area contributed by atoms with Crippen LogP contribution in [-0.2, 0) is 0 Å². The maximum atomic E-state index is 12.1. The fourth-order valence-electron chi connectivity index (χ4n) is 1.70. The number of thiocarbonyl (C=S) groups is 1. The van der Waals surface area contributed by atoms with Crippen LogP contribution in [0.1, 0.15) is 10.4 Å². The van der Waals surface area contributed by atoms with Crippen LogP contribution < -0.4 is 15.4 Å².